The molecule has 1 aliphatic heterocycles. The summed E-state index contributed by atoms with van der Waals surface area (Å²) >= 11 is 0.964. The minimum atomic E-state index is -0.654. The molecule has 0 atom stereocenters. The molecular formula is C19H17N3O6S. The van der Waals surface area contributed by atoms with Gasteiger partial charge in [0, 0.05) is 17.8 Å². The van der Waals surface area contributed by atoms with E-state index in [1.807, 2.05) is 6.07 Å². The van der Waals surface area contributed by atoms with Crippen molar-refractivity contribution in [3.8, 4) is 17.6 Å². The summed E-state index contributed by atoms with van der Waals surface area (Å²) in [5, 5.41) is 12.1. The van der Waals surface area contributed by atoms with E-state index in [2.05, 4.69) is 10.3 Å². The quantitative estimate of drug-likeness (QED) is 0.537. The molecule has 0 unspecified atom stereocenters. The van der Waals surface area contributed by atoms with Crippen molar-refractivity contribution >= 4 is 29.3 Å². The zero-order valence-corrected chi connectivity index (χ0v) is 16.3. The van der Waals surface area contributed by atoms with E-state index in [-0.39, 0.29) is 16.3 Å². The predicted molar refractivity (Wildman–Crippen MR) is 104 cm³/mol. The fourth-order valence-corrected chi connectivity index (χ4v) is 3.41. The fourth-order valence-electron chi connectivity index (χ4n) is 2.54. The number of aryl methyl sites for hydroxylation is 1. The zero-order chi connectivity index (χ0) is 20.8. The van der Waals surface area contributed by atoms with Crippen LogP contribution in [0.4, 0.5) is 5.69 Å². The van der Waals surface area contributed by atoms with Gasteiger partial charge in [-0.1, -0.05) is 11.8 Å². The number of fused-ring (bicyclic) bond motifs is 1. The first-order valence-electron chi connectivity index (χ1n) is 8.58. The first-order chi connectivity index (χ1) is 14.0. The number of pyridine rings is 1. The molecule has 9 nitrogen and oxygen atoms in total. The van der Waals surface area contributed by atoms with Gasteiger partial charge in [0.15, 0.2) is 18.1 Å². The highest BCUT2D eigenvalue weighted by Gasteiger charge is 2.15. The maximum absolute atomic E-state index is 12.0. The van der Waals surface area contributed by atoms with Crippen LogP contribution in [0.1, 0.15) is 11.1 Å². The smallest absolute Gasteiger partial charge is 0.316 e. The van der Waals surface area contributed by atoms with Crippen LogP contribution >= 0.6 is 11.8 Å². The van der Waals surface area contributed by atoms with E-state index in [0.29, 0.717) is 41.5 Å². The number of rotatable bonds is 6. The Morgan fingerprint density at radius 3 is 2.79 bits per heavy atom. The molecule has 0 fully saturated rings. The Morgan fingerprint density at radius 1 is 1.28 bits per heavy atom. The number of H-pyrrole nitrogens is 1. The van der Waals surface area contributed by atoms with Crippen molar-refractivity contribution in [2.75, 3.05) is 30.9 Å². The maximum Gasteiger partial charge on any atom is 0.316 e. The molecule has 0 radical (unpaired) electrons. The fraction of sp³-hybridized carbons (Fsp3) is 0.263. The number of carbonyl (C=O) groups excluding carboxylic acids is 2. The summed E-state index contributed by atoms with van der Waals surface area (Å²) in [6, 6.07) is 8.26. The van der Waals surface area contributed by atoms with Crippen LogP contribution in [0.5, 0.6) is 11.5 Å². The lowest BCUT2D eigenvalue weighted by Crippen LogP contribution is -2.22. The molecule has 0 aliphatic carbocycles. The van der Waals surface area contributed by atoms with Crippen molar-refractivity contribution < 1.29 is 23.8 Å². The molecule has 1 amide bonds. The number of aromatic amines is 1. The van der Waals surface area contributed by atoms with Gasteiger partial charge in [-0.05, 0) is 24.6 Å². The maximum atomic E-state index is 12.0. The van der Waals surface area contributed by atoms with Gasteiger partial charge in [0.05, 0.1) is 16.3 Å². The minimum Gasteiger partial charge on any atom is -0.486 e. The Labute approximate surface area is 170 Å². The standard InChI is InChI=1S/C19H17N3O6S/c1-11-6-16(23)22-19(13(11)8-20)29-10-18(25)28-9-17(24)21-12-2-3-14-15(7-12)27-5-4-26-14/h2-3,6-7H,4-5,9-10H2,1H3,(H,21,24)(H,22,23). The number of aromatic nitrogens is 1. The monoisotopic (exact) mass is 415 g/mol. The van der Waals surface area contributed by atoms with Crippen molar-refractivity contribution in [1.82, 2.24) is 4.98 Å². The van der Waals surface area contributed by atoms with Crippen molar-refractivity contribution in [3.63, 3.8) is 0 Å². The topological polar surface area (TPSA) is 131 Å². The van der Waals surface area contributed by atoms with Crippen molar-refractivity contribution in [1.29, 1.82) is 5.26 Å². The van der Waals surface area contributed by atoms with E-state index in [9.17, 15) is 19.6 Å². The molecule has 29 heavy (non-hydrogen) atoms. The molecule has 1 aliphatic rings. The lowest BCUT2D eigenvalue weighted by molar-refractivity contribution is -0.144. The molecule has 1 aromatic heterocycles. The van der Waals surface area contributed by atoms with Gasteiger partial charge in [-0.25, -0.2) is 0 Å². The summed E-state index contributed by atoms with van der Waals surface area (Å²) in [6.45, 7) is 2.07. The number of nitrogens with zero attached hydrogens (tertiary/aromatic N) is 1. The van der Waals surface area contributed by atoms with Gasteiger partial charge in [0.2, 0.25) is 5.56 Å². The number of hydrogen-bond acceptors (Lipinski definition) is 8. The number of thioether (sulfide) groups is 1. The van der Waals surface area contributed by atoms with E-state index in [1.165, 1.54) is 6.07 Å². The molecule has 10 heteroatoms. The minimum absolute atomic E-state index is 0.161. The highest BCUT2D eigenvalue weighted by molar-refractivity contribution is 7.99. The van der Waals surface area contributed by atoms with Crippen molar-refractivity contribution in [3.05, 3.63) is 45.7 Å². The van der Waals surface area contributed by atoms with E-state index in [1.54, 1.807) is 25.1 Å². The number of hydrogen-bond donors (Lipinski definition) is 2. The molecule has 150 valence electrons. The summed E-state index contributed by atoms with van der Waals surface area (Å²) in [6.07, 6.45) is 0. The third kappa shape index (κ3) is 5.30. The second-order valence-electron chi connectivity index (χ2n) is 5.99. The molecule has 0 bridgehead atoms. The van der Waals surface area contributed by atoms with Gasteiger partial charge in [-0.15, -0.1) is 0 Å². The van der Waals surface area contributed by atoms with Gasteiger partial charge >= 0.3 is 5.97 Å². The van der Waals surface area contributed by atoms with Crippen LogP contribution in [0.15, 0.2) is 34.1 Å². The second kappa shape index (κ2) is 9.16. The number of anilines is 1. The summed E-state index contributed by atoms with van der Waals surface area (Å²) in [7, 11) is 0. The summed E-state index contributed by atoms with van der Waals surface area (Å²) in [5.74, 6) is -0.197. The molecular weight excluding hydrogens is 398 g/mol. The van der Waals surface area contributed by atoms with Gasteiger partial charge in [0.25, 0.3) is 5.91 Å². The average Bonchev–Trinajstić information content (AvgIpc) is 2.70. The SMILES string of the molecule is Cc1cc(=O)[nH]c(SCC(=O)OCC(=O)Nc2ccc3c(c2)OCCO3)c1C#N. The third-order valence-corrected chi connectivity index (χ3v) is 4.82. The average molecular weight is 415 g/mol. The van der Waals surface area contributed by atoms with Crippen LogP contribution in [-0.4, -0.2) is 42.4 Å². The molecule has 2 aromatic rings. The van der Waals surface area contributed by atoms with Crippen LogP contribution in [0.25, 0.3) is 0 Å². The highest BCUT2D eigenvalue weighted by atomic mass is 32.2. The lowest BCUT2D eigenvalue weighted by Gasteiger charge is -2.19. The molecule has 0 saturated heterocycles. The van der Waals surface area contributed by atoms with Crippen molar-refractivity contribution in [2.45, 2.75) is 11.9 Å². The molecule has 2 heterocycles. The van der Waals surface area contributed by atoms with Crippen LogP contribution in [0, 0.1) is 18.3 Å². The van der Waals surface area contributed by atoms with Crippen LogP contribution in [0.3, 0.4) is 0 Å². The number of amides is 1. The number of nitrogens with one attached hydrogen (secondary N) is 2. The molecule has 3 rings (SSSR count). The van der Waals surface area contributed by atoms with Crippen LogP contribution in [0.2, 0.25) is 0 Å². The number of carbonyl (C=O) groups is 2. The zero-order valence-electron chi connectivity index (χ0n) is 15.4. The largest absolute Gasteiger partial charge is 0.486 e. The molecule has 2 N–H and O–H groups in total. The third-order valence-electron chi connectivity index (χ3n) is 3.84. The Hall–Kier alpha value is -3.45. The van der Waals surface area contributed by atoms with Crippen LogP contribution < -0.4 is 20.3 Å². The van der Waals surface area contributed by atoms with E-state index in [4.69, 9.17) is 14.2 Å². The highest BCUT2D eigenvalue weighted by Crippen LogP contribution is 2.32. The van der Waals surface area contributed by atoms with Gasteiger partial charge in [-0.3, -0.25) is 14.4 Å². The van der Waals surface area contributed by atoms with E-state index in [0.717, 1.165) is 11.8 Å². The van der Waals surface area contributed by atoms with E-state index < -0.39 is 18.5 Å². The Morgan fingerprint density at radius 2 is 2.03 bits per heavy atom. The second-order valence-corrected chi connectivity index (χ2v) is 6.97. The lowest BCUT2D eigenvalue weighted by atomic mass is 10.2. The predicted octanol–water partition coefficient (Wildman–Crippen LogP) is 1.60. The number of benzene rings is 1. The normalized spacial score (nSPS) is 12.0. The molecule has 0 saturated carbocycles. The van der Waals surface area contributed by atoms with Crippen LogP contribution in [-0.2, 0) is 14.3 Å². The first kappa shape index (κ1) is 20.3. The Balaban J connectivity index is 1.49. The van der Waals surface area contributed by atoms with Gasteiger partial charge < -0.3 is 24.5 Å². The summed E-state index contributed by atoms with van der Waals surface area (Å²) in [4.78, 5) is 38.0. The Bertz CT molecular complexity index is 1040. The number of nitriles is 1. The molecule has 0 spiro atoms. The van der Waals surface area contributed by atoms with E-state index >= 15 is 0 Å². The Kier molecular flexibility index (Phi) is 6.41. The summed E-state index contributed by atoms with van der Waals surface area (Å²) < 4.78 is 15.8. The summed E-state index contributed by atoms with van der Waals surface area (Å²) in [5.41, 5.74) is 0.932. The first-order valence-corrected chi connectivity index (χ1v) is 9.57. The van der Waals surface area contributed by atoms with Crippen molar-refractivity contribution in [2.24, 2.45) is 0 Å². The van der Waals surface area contributed by atoms with Gasteiger partial charge in [-0.2, -0.15) is 5.26 Å². The van der Waals surface area contributed by atoms with Gasteiger partial charge in [0.1, 0.15) is 19.3 Å². The number of esters is 1. The number of ether oxygens (including phenoxy) is 3. The molecule has 1 aromatic carbocycles.